The lowest BCUT2D eigenvalue weighted by Gasteiger charge is -2.11. The fraction of sp³-hybridized carbons (Fsp3) is 0.273. The summed E-state index contributed by atoms with van der Waals surface area (Å²) in [6.45, 7) is 0. The number of fused-ring (bicyclic) bond motifs is 1. The van der Waals surface area contributed by atoms with Gasteiger partial charge in [-0.15, -0.1) is 0 Å². The van der Waals surface area contributed by atoms with E-state index in [2.05, 4.69) is 24.3 Å². The number of rotatable bonds is 1. The van der Waals surface area contributed by atoms with E-state index >= 15 is 0 Å². The third-order valence-corrected chi connectivity index (χ3v) is 2.17. The molecule has 1 radical (unpaired) electrons. The van der Waals surface area contributed by atoms with E-state index in [-0.39, 0.29) is 0 Å². The Morgan fingerprint density at radius 1 is 1.33 bits per heavy atom. The van der Waals surface area contributed by atoms with Crippen LogP contribution in [0.3, 0.4) is 0 Å². The molecule has 0 spiro atoms. The van der Waals surface area contributed by atoms with Crippen molar-refractivity contribution >= 4 is 0 Å². The van der Waals surface area contributed by atoms with E-state index in [4.69, 9.17) is 4.74 Å². The Kier molecular flexibility index (Phi) is 1.86. The van der Waals surface area contributed by atoms with Crippen LogP contribution in [0.4, 0.5) is 0 Å². The zero-order valence-corrected chi connectivity index (χ0v) is 7.13. The number of methoxy groups -OCH3 is 1. The quantitative estimate of drug-likeness (QED) is 0.610. The van der Waals surface area contributed by atoms with Crippen LogP contribution >= 0.6 is 0 Å². The highest BCUT2D eigenvalue weighted by atomic mass is 16.5. The summed E-state index contributed by atoms with van der Waals surface area (Å²) in [5.41, 5.74) is 2.74. The van der Waals surface area contributed by atoms with Crippen molar-refractivity contribution < 1.29 is 4.74 Å². The highest BCUT2D eigenvalue weighted by Gasteiger charge is 2.05. The smallest absolute Gasteiger partial charge is 0.119 e. The van der Waals surface area contributed by atoms with E-state index in [0.29, 0.717) is 0 Å². The first-order valence-electron chi connectivity index (χ1n) is 4.11. The van der Waals surface area contributed by atoms with Gasteiger partial charge in [-0.25, -0.2) is 0 Å². The van der Waals surface area contributed by atoms with Crippen LogP contribution in [0.2, 0.25) is 0 Å². The number of allylic oxidation sites excluding steroid dienone is 2. The van der Waals surface area contributed by atoms with Gasteiger partial charge in [0.15, 0.2) is 0 Å². The Bertz CT molecular complexity index is 313. The molecular formula is C11H11O. The second kappa shape index (κ2) is 3.02. The Labute approximate surface area is 72.7 Å². The summed E-state index contributed by atoms with van der Waals surface area (Å²) in [6.07, 6.45) is 7.23. The topological polar surface area (TPSA) is 9.23 Å². The summed E-state index contributed by atoms with van der Waals surface area (Å²) in [6, 6.07) is 6.23. The van der Waals surface area contributed by atoms with E-state index in [1.54, 1.807) is 7.11 Å². The lowest BCUT2D eigenvalue weighted by Crippen LogP contribution is -1.97. The SMILES string of the molecule is COc1ccc2c(c1)CC=[C]C2. The third-order valence-electron chi connectivity index (χ3n) is 2.17. The largest absolute Gasteiger partial charge is 0.497 e. The van der Waals surface area contributed by atoms with Gasteiger partial charge in [-0.05, 0) is 42.2 Å². The lowest BCUT2D eigenvalue weighted by atomic mass is 9.97. The van der Waals surface area contributed by atoms with Gasteiger partial charge in [0, 0.05) is 0 Å². The van der Waals surface area contributed by atoms with E-state index in [1.165, 1.54) is 11.1 Å². The normalized spacial score (nSPS) is 14.1. The van der Waals surface area contributed by atoms with Crippen LogP contribution in [-0.2, 0) is 12.8 Å². The molecule has 1 aliphatic carbocycles. The van der Waals surface area contributed by atoms with Crippen LogP contribution in [0.1, 0.15) is 11.1 Å². The van der Waals surface area contributed by atoms with Crippen molar-refractivity contribution in [3.8, 4) is 5.75 Å². The molecule has 0 unspecified atom stereocenters. The van der Waals surface area contributed by atoms with Gasteiger partial charge in [-0.1, -0.05) is 12.1 Å². The molecule has 1 heteroatoms. The van der Waals surface area contributed by atoms with Gasteiger partial charge in [0.1, 0.15) is 5.75 Å². The summed E-state index contributed by atoms with van der Waals surface area (Å²) < 4.78 is 5.15. The number of hydrogen-bond donors (Lipinski definition) is 0. The standard InChI is InChI=1S/C11H11O/c1-12-11-7-6-9-4-2-3-5-10(9)8-11/h3,6-8H,4-5H2,1H3. The Hall–Kier alpha value is -1.24. The molecule has 61 valence electrons. The van der Waals surface area contributed by atoms with Gasteiger partial charge in [-0.3, -0.25) is 0 Å². The van der Waals surface area contributed by atoms with Crippen molar-refractivity contribution in [1.29, 1.82) is 0 Å². The molecule has 0 bridgehead atoms. The van der Waals surface area contributed by atoms with Gasteiger partial charge < -0.3 is 4.74 Å². The third kappa shape index (κ3) is 1.22. The molecule has 0 N–H and O–H groups in total. The van der Waals surface area contributed by atoms with Crippen LogP contribution in [-0.4, -0.2) is 7.11 Å². The summed E-state index contributed by atoms with van der Waals surface area (Å²) in [4.78, 5) is 0. The average Bonchev–Trinajstić information content (AvgIpc) is 2.17. The van der Waals surface area contributed by atoms with Crippen LogP contribution in [0, 0.1) is 6.08 Å². The minimum Gasteiger partial charge on any atom is -0.497 e. The van der Waals surface area contributed by atoms with Crippen LogP contribution < -0.4 is 4.74 Å². The van der Waals surface area contributed by atoms with Gasteiger partial charge in [0.2, 0.25) is 0 Å². The van der Waals surface area contributed by atoms with Crippen LogP contribution in [0.25, 0.3) is 0 Å². The second-order valence-electron chi connectivity index (χ2n) is 2.92. The first-order valence-corrected chi connectivity index (χ1v) is 4.11. The first kappa shape index (κ1) is 7.41. The average molecular weight is 159 g/mol. The molecule has 1 aromatic rings. The van der Waals surface area contributed by atoms with Gasteiger partial charge in [0.25, 0.3) is 0 Å². The maximum atomic E-state index is 5.15. The molecule has 0 saturated heterocycles. The summed E-state index contributed by atoms with van der Waals surface area (Å²) >= 11 is 0. The van der Waals surface area contributed by atoms with E-state index in [9.17, 15) is 0 Å². The molecule has 12 heavy (non-hydrogen) atoms. The zero-order valence-electron chi connectivity index (χ0n) is 7.13. The lowest BCUT2D eigenvalue weighted by molar-refractivity contribution is 0.414. The second-order valence-corrected chi connectivity index (χ2v) is 2.92. The van der Waals surface area contributed by atoms with Gasteiger partial charge >= 0.3 is 0 Å². The molecule has 1 aliphatic rings. The molecule has 0 amide bonds. The fourth-order valence-corrected chi connectivity index (χ4v) is 1.46. The molecular weight excluding hydrogens is 148 g/mol. The molecule has 0 atom stereocenters. The number of hydrogen-bond acceptors (Lipinski definition) is 1. The minimum atomic E-state index is 0.944. The molecule has 2 rings (SSSR count). The predicted molar refractivity (Wildman–Crippen MR) is 48.2 cm³/mol. The maximum absolute atomic E-state index is 5.15. The Morgan fingerprint density at radius 2 is 2.25 bits per heavy atom. The van der Waals surface area contributed by atoms with Crippen molar-refractivity contribution in [1.82, 2.24) is 0 Å². The van der Waals surface area contributed by atoms with Crippen LogP contribution in [0.15, 0.2) is 24.3 Å². The van der Waals surface area contributed by atoms with E-state index < -0.39 is 0 Å². The molecule has 0 aromatic heterocycles. The molecule has 0 aliphatic heterocycles. The number of benzene rings is 1. The summed E-state index contributed by atoms with van der Waals surface area (Å²) in [5.74, 6) is 0.948. The van der Waals surface area contributed by atoms with Crippen molar-refractivity contribution in [2.45, 2.75) is 12.8 Å². The maximum Gasteiger partial charge on any atom is 0.119 e. The fourth-order valence-electron chi connectivity index (χ4n) is 1.46. The van der Waals surface area contributed by atoms with Gasteiger partial charge in [-0.2, -0.15) is 0 Å². The van der Waals surface area contributed by atoms with Crippen molar-refractivity contribution in [2.75, 3.05) is 7.11 Å². The predicted octanol–water partition coefficient (Wildman–Crippen LogP) is 2.15. The highest BCUT2D eigenvalue weighted by molar-refractivity contribution is 5.38. The van der Waals surface area contributed by atoms with Crippen LogP contribution in [0.5, 0.6) is 5.75 Å². The highest BCUT2D eigenvalue weighted by Crippen LogP contribution is 2.21. The molecule has 0 saturated carbocycles. The van der Waals surface area contributed by atoms with E-state index in [0.717, 1.165) is 18.6 Å². The van der Waals surface area contributed by atoms with Gasteiger partial charge in [0.05, 0.1) is 7.11 Å². The Balaban J connectivity index is 2.39. The zero-order chi connectivity index (χ0) is 8.39. The van der Waals surface area contributed by atoms with Crippen molar-refractivity contribution in [3.63, 3.8) is 0 Å². The van der Waals surface area contributed by atoms with Crippen molar-refractivity contribution in [3.05, 3.63) is 41.5 Å². The monoisotopic (exact) mass is 159 g/mol. The number of ether oxygens (including phenoxy) is 1. The Morgan fingerprint density at radius 3 is 3.08 bits per heavy atom. The molecule has 0 heterocycles. The molecule has 1 nitrogen and oxygen atoms in total. The molecule has 1 aromatic carbocycles. The summed E-state index contributed by atoms with van der Waals surface area (Å²) in [7, 11) is 1.70. The molecule has 0 fully saturated rings. The van der Waals surface area contributed by atoms with E-state index in [1.807, 2.05) is 6.07 Å². The first-order chi connectivity index (χ1) is 5.90. The summed E-state index contributed by atoms with van der Waals surface area (Å²) in [5, 5.41) is 0. The minimum absolute atomic E-state index is 0.944. The van der Waals surface area contributed by atoms with Crippen molar-refractivity contribution in [2.24, 2.45) is 0 Å².